The van der Waals surface area contributed by atoms with Gasteiger partial charge in [0.2, 0.25) is 5.91 Å². The number of hydrogen-bond acceptors (Lipinski definition) is 5. The van der Waals surface area contributed by atoms with Gasteiger partial charge in [-0.2, -0.15) is 0 Å². The highest BCUT2D eigenvalue weighted by Crippen LogP contribution is 2.20. The second kappa shape index (κ2) is 6.11. The minimum Gasteiger partial charge on any atom is -0.467 e. The Morgan fingerprint density at radius 1 is 1.33 bits per heavy atom. The fourth-order valence-corrected chi connectivity index (χ4v) is 1.92. The third-order valence-electron chi connectivity index (χ3n) is 3.14. The first-order valence-corrected chi connectivity index (χ1v) is 6.50. The van der Waals surface area contributed by atoms with Crippen LogP contribution in [0.1, 0.15) is 20.8 Å². The molecule has 0 aromatic rings. The average Bonchev–Trinajstić information content (AvgIpc) is 2.60. The Hall–Kier alpha value is -2.12. The monoisotopic (exact) mass is 299 g/mol. The first-order valence-electron chi connectivity index (χ1n) is 6.50. The summed E-state index contributed by atoms with van der Waals surface area (Å²) >= 11 is 0. The second-order valence-electron chi connectivity index (χ2n) is 6.01. The van der Waals surface area contributed by atoms with Gasteiger partial charge in [0.25, 0.3) is 5.91 Å². The van der Waals surface area contributed by atoms with Gasteiger partial charge in [-0.1, -0.05) is 20.8 Å². The molecule has 118 valence electrons. The smallest absolute Gasteiger partial charge is 0.328 e. The predicted molar refractivity (Wildman–Crippen MR) is 73.1 cm³/mol. The van der Waals surface area contributed by atoms with Crippen molar-refractivity contribution >= 4 is 23.8 Å². The quantitative estimate of drug-likeness (QED) is 0.562. The number of amides is 4. The Morgan fingerprint density at radius 3 is 2.29 bits per heavy atom. The molecular weight excluding hydrogens is 278 g/mol. The van der Waals surface area contributed by atoms with Crippen molar-refractivity contribution in [2.45, 2.75) is 26.8 Å². The highest BCUT2D eigenvalue weighted by Gasteiger charge is 2.37. The number of hydrogen-bond donors (Lipinski definition) is 1. The first kappa shape index (κ1) is 16.9. The SMILES string of the molecule is COC(=O)[C@@H](NC(=O)CN1C(=O)CN(C)C1=O)C(C)(C)C. The summed E-state index contributed by atoms with van der Waals surface area (Å²) in [6.45, 7) is 4.86. The summed E-state index contributed by atoms with van der Waals surface area (Å²) in [6.07, 6.45) is 0. The minimum absolute atomic E-state index is 0.0498. The van der Waals surface area contributed by atoms with Crippen LogP contribution in [0.25, 0.3) is 0 Å². The van der Waals surface area contributed by atoms with Crippen LogP contribution < -0.4 is 5.32 Å². The lowest BCUT2D eigenvalue weighted by Gasteiger charge is -2.29. The number of carbonyl (C=O) groups is 4. The molecule has 1 aliphatic heterocycles. The van der Waals surface area contributed by atoms with Crippen molar-refractivity contribution in [3.05, 3.63) is 0 Å². The van der Waals surface area contributed by atoms with E-state index in [1.807, 2.05) is 0 Å². The zero-order valence-electron chi connectivity index (χ0n) is 12.9. The van der Waals surface area contributed by atoms with E-state index in [-0.39, 0.29) is 6.54 Å². The normalized spacial score (nSPS) is 17.0. The maximum Gasteiger partial charge on any atom is 0.328 e. The Morgan fingerprint density at radius 2 is 1.90 bits per heavy atom. The van der Waals surface area contributed by atoms with Gasteiger partial charge in [-0.25, -0.2) is 9.59 Å². The van der Waals surface area contributed by atoms with Crippen molar-refractivity contribution in [3.63, 3.8) is 0 Å². The number of methoxy groups -OCH3 is 1. The Balaban J connectivity index is 2.73. The first-order chi connectivity index (χ1) is 9.57. The standard InChI is InChI=1S/C13H21N3O5/c1-13(2,3)10(11(19)21-5)14-8(17)6-16-9(18)7-15(4)12(16)20/h10H,6-7H2,1-5H3,(H,14,17)/t10-/m1/s1. The molecule has 0 saturated carbocycles. The molecule has 0 aliphatic carbocycles. The highest BCUT2D eigenvalue weighted by molar-refractivity contribution is 6.04. The van der Waals surface area contributed by atoms with E-state index in [9.17, 15) is 19.2 Å². The fraction of sp³-hybridized carbons (Fsp3) is 0.692. The van der Waals surface area contributed by atoms with E-state index in [0.717, 1.165) is 4.90 Å². The van der Waals surface area contributed by atoms with E-state index >= 15 is 0 Å². The van der Waals surface area contributed by atoms with Gasteiger partial charge in [0, 0.05) is 7.05 Å². The van der Waals surface area contributed by atoms with Crippen LogP contribution in [-0.2, 0) is 19.1 Å². The molecule has 0 bridgehead atoms. The van der Waals surface area contributed by atoms with E-state index in [0.29, 0.717) is 0 Å². The number of likely N-dealkylation sites (N-methyl/N-ethyl adjacent to an activating group) is 1. The molecule has 1 heterocycles. The summed E-state index contributed by atoms with van der Waals surface area (Å²) in [4.78, 5) is 49.1. The van der Waals surface area contributed by atoms with E-state index in [1.165, 1.54) is 19.1 Å². The van der Waals surface area contributed by atoms with Gasteiger partial charge in [0.1, 0.15) is 19.1 Å². The van der Waals surface area contributed by atoms with Crippen molar-refractivity contribution in [1.29, 1.82) is 0 Å². The van der Waals surface area contributed by atoms with Crippen LogP contribution in [0.2, 0.25) is 0 Å². The van der Waals surface area contributed by atoms with Gasteiger partial charge < -0.3 is 15.0 Å². The molecule has 1 N–H and O–H groups in total. The average molecular weight is 299 g/mol. The van der Waals surface area contributed by atoms with Crippen molar-refractivity contribution in [2.75, 3.05) is 27.2 Å². The van der Waals surface area contributed by atoms with Gasteiger partial charge in [-0.05, 0) is 5.41 Å². The molecule has 0 unspecified atom stereocenters. The Kier molecular flexibility index (Phi) is 4.93. The van der Waals surface area contributed by atoms with E-state index < -0.39 is 41.8 Å². The summed E-state index contributed by atoms with van der Waals surface area (Å²) in [5.74, 6) is -1.60. The highest BCUT2D eigenvalue weighted by atomic mass is 16.5. The molecule has 1 aliphatic rings. The molecule has 0 aromatic carbocycles. The van der Waals surface area contributed by atoms with Crippen LogP contribution in [0.15, 0.2) is 0 Å². The lowest BCUT2D eigenvalue weighted by molar-refractivity contribution is -0.148. The largest absolute Gasteiger partial charge is 0.467 e. The number of carbonyl (C=O) groups excluding carboxylic acids is 4. The second-order valence-corrected chi connectivity index (χ2v) is 6.01. The zero-order chi connectivity index (χ0) is 16.4. The van der Waals surface area contributed by atoms with Crippen LogP contribution >= 0.6 is 0 Å². The molecule has 1 fully saturated rings. The number of nitrogens with zero attached hydrogens (tertiary/aromatic N) is 2. The predicted octanol–water partition coefficient (Wildman–Crippen LogP) is -0.416. The summed E-state index contributed by atoms with van der Waals surface area (Å²) in [5, 5.41) is 2.51. The van der Waals surface area contributed by atoms with Crippen LogP contribution in [-0.4, -0.2) is 66.9 Å². The molecule has 8 nitrogen and oxygen atoms in total. The summed E-state index contributed by atoms with van der Waals surface area (Å²) < 4.78 is 4.66. The lowest BCUT2D eigenvalue weighted by Crippen LogP contribution is -2.52. The van der Waals surface area contributed by atoms with Gasteiger partial charge in [-0.15, -0.1) is 0 Å². The number of urea groups is 1. The molecular formula is C13H21N3O5. The number of imide groups is 1. The summed E-state index contributed by atoms with van der Waals surface area (Å²) in [5.41, 5.74) is -0.557. The molecule has 8 heteroatoms. The van der Waals surface area contributed by atoms with Crippen molar-refractivity contribution in [3.8, 4) is 0 Å². The minimum atomic E-state index is -0.861. The molecule has 0 spiro atoms. The number of rotatable bonds is 4. The molecule has 1 rings (SSSR count). The van der Waals surface area contributed by atoms with Gasteiger partial charge in [0.15, 0.2) is 0 Å². The molecule has 1 atom stereocenters. The van der Waals surface area contributed by atoms with Crippen LogP contribution in [0.5, 0.6) is 0 Å². The van der Waals surface area contributed by atoms with Crippen molar-refractivity contribution in [2.24, 2.45) is 5.41 Å². The summed E-state index contributed by atoms with van der Waals surface area (Å²) in [7, 11) is 2.71. The van der Waals surface area contributed by atoms with E-state index in [1.54, 1.807) is 20.8 Å². The van der Waals surface area contributed by atoms with Crippen molar-refractivity contribution < 1.29 is 23.9 Å². The third kappa shape index (κ3) is 3.93. The number of ether oxygens (including phenoxy) is 1. The molecule has 1 saturated heterocycles. The Labute approximate surface area is 123 Å². The molecule has 0 radical (unpaired) electrons. The molecule has 4 amide bonds. The molecule has 21 heavy (non-hydrogen) atoms. The maximum atomic E-state index is 12.0. The molecule has 0 aromatic heterocycles. The maximum absolute atomic E-state index is 12.0. The van der Waals surface area contributed by atoms with Crippen molar-refractivity contribution in [1.82, 2.24) is 15.1 Å². The topological polar surface area (TPSA) is 96.0 Å². The van der Waals surface area contributed by atoms with Gasteiger partial charge in [-0.3, -0.25) is 14.5 Å². The number of nitrogens with one attached hydrogen (secondary N) is 1. The van der Waals surface area contributed by atoms with Crippen LogP contribution in [0, 0.1) is 5.41 Å². The third-order valence-corrected chi connectivity index (χ3v) is 3.14. The van der Waals surface area contributed by atoms with Crippen LogP contribution in [0.3, 0.4) is 0 Å². The number of esters is 1. The fourth-order valence-electron chi connectivity index (χ4n) is 1.92. The van der Waals surface area contributed by atoms with Crippen LogP contribution in [0.4, 0.5) is 4.79 Å². The summed E-state index contributed by atoms with van der Waals surface area (Å²) in [6, 6.07) is -1.39. The van der Waals surface area contributed by atoms with E-state index in [4.69, 9.17) is 0 Å². The van der Waals surface area contributed by atoms with Gasteiger partial charge >= 0.3 is 12.0 Å². The lowest BCUT2D eigenvalue weighted by atomic mass is 9.86. The Bertz CT molecular complexity index is 469. The van der Waals surface area contributed by atoms with E-state index in [2.05, 4.69) is 10.1 Å². The van der Waals surface area contributed by atoms with Gasteiger partial charge in [0.05, 0.1) is 7.11 Å². The zero-order valence-corrected chi connectivity index (χ0v) is 12.9.